The SMILES string of the molecule is CC1(C)OB(/C=C/c2cc(N)c([N+](=O)[O-])cn2)OC1(C)C. The second-order valence-corrected chi connectivity index (χ2v) is 5.91. The van der Waals surface area contributed by atoms with E-state index in [9.17, 15) is 10.1 Å². The van der Waals surface area contributed by atoms with Crippen molar-refractivity contribution in [1.82, 2.24) is 4.98 Å². The van der Waals surface area contributed by atoms with Gasteiger partial charge in [-0.05, 0) is 39.8 Å². The van der Waals surface area contributed by atoms with Crippen LogP contribution in [0.15, 0.2) is 18.2 Å². The highest BCUT2D eigenvalue weighted by Gasteiger charge is 2.50. The molecule has 0 spiro atoms. The maximum Gasteiger partial charge on any atom is 0.487 e. The molecule has 2 N–H and O–H groups in total. The third kappa shape index (κ3) is 3.06. The summed E-state index contributed by atoms with van der Waals surface area (Å²) in [5.74, 6) is 1.71. The van der Waals surface area contributed by atoms with Crippen LogP contribution in [-0.2, 0) is 9.31 Å². The first kappa shape index (κ1) is 15.5. The lowest BCUT2D eigenvalue weighted by Crippen LogP contribution is -2.41. The summed E-state index contributed by atoms with van der Waals surface area (Å²) in [7, 11) is -0.492. The summed E-state index contributed by atoms with van der Waals surface area (Å²) in [5.41, 5.74) is 5.16. The molecule has 1 fully saturated rings. The first-order valence-electron chi connectivity index (χ1n) is 6.56. The van der Waals surface area contributed by atoms with E-state index in [4.69, 9.17) is 15.0 Å². The van der Waals surface area contributed by atoms with Crippen molar-refractivity contribution in [3.05, 3.63) is 34.0 Å². The molecule has 0 aromatic carbocycles. The van der Waals surface area contributed by atoms with Crippen molar-refractivity contribution >= 4 is 24.6 Å². The van der Waals surface area contributed by atoms with Crippen molar-refractivity contribution in [2.45, 2.75) is 38.9 Å². The van der Waals surface area contributed by atoms with Crippen LogP contribution in [0, 0.1) is 10.1 Å². The Labute approximate surface area is 123 Å². The van der Waals surface area contributed by atoms with Gasteiger partial charge in [0.15, 0.2) is 0 Å². The average Bonchev–Trinajstić information content (AvgIpc) is 2.55. The summed E-state index contributed by atoms with van der Waals surface area (Å²) in [6, 6.07) is 1.44. The van der Waals surface area contributed by atoms with Gasteiger partial charge in [0.1, 0.15) is 11.9 Å². The molecule has 1 aliphatic heterocycles. The second-order valence-electron chi connectivity index (χ2n) is 5.91. The molecule has 21 heavy (non-hydrogen) atoms. The predicted molar refractivity (Wildman–Crippen MR) is 80.4 cm³/mol. The number of hydrogen-bond acceptors (Lipinski definition) is 6. The normalized spacial score (nSPS) is 20.1. The van der Waals surface area contributed by atoms with Crippen LogP contribution in [-0.4, -0.2) is 28.2 Å². The summed E-state index contributed by atoms with van der Waals surface area (Å²) in [5, 5.41) is 10.7. The van der Waals surface area contributed by atoms with E-state index < -0.39 is 23.2 Å². The minimum absolute atomic E-state index is 0.0727. The number of nitrogens with two attached hydrogens (primary N) is 1. The molecule has 0 saturated carbocycles. The van der Waals surface area contributed by atoms with Crippen molar-refractivity contribution in [3.8, 4) is 0 Å². The molecule has 0 aliphatic carbocycles. The van der Waals surface area contributed by atoms with Crippen LogP contribution >= 0.6 is 0 Å². The highest BCUT2D eigenvalue weighted by molar-refractivity contribution is 6.52. The average molecular weight is 291 g/mol. The Morgan fingerprint density at radius 1 is 1.33 bits per heavy atom. The first-order valence-corrected chi connectivity index (χ1v) is 6.56. The van der Waals surface area contributed by atoms with E-state index in [0.717, 1.165) is 6.20 Å². The molecule has 112 valence electrons. The van der Waals surface area contributed by atoms with Crippen LogP contribution in [0.2, 0.25) is 0 Å². The van der Waals surface area contributed by atoms with Gasteiger partial charge in [0, 0.05) is 0 Å². The predicted octanol–water partition coefficient (Wildman–Crippen LogP) is 2.22. The van der Waals surface area contributed by atoms with E-state index in [1.54, 1.807) is 12.1 Å². The Morgan fingerprint density at radius 2 is 1.90 bits per heavy atom. The van der Waals surface area contributed by atoms with E-state index in [0.29, 0.717) is 5.69 Å². The third-order valence-corrected chi connectivity index (χ3v) is 3.83. The van der Waals surface area contributed by atoms with Crippen LogP contribution in [0.3, 0.4) is 0 Å². The number of rotatable bonds is 3. The van der Waals surface area contributed by atoms with Gasteiger partial charge in [-0.3, -0.25) is 10.1 Å². The number of nitrogen functional groups attached to an aromatic ring is 1. The molecule has 1 aromatic rings. The molecule has 8 heteroatoms. The van der Waals surface area contributed by atoms with Gasteiger partial charge in [-0.1, -0.05) is 5.98 Å². The maximum absolute atomic E-state index is 10.7. The summed E-state index contributed by atoms with van der Waals surface area (Å²) < 4.78 is 11.6. The fourth-order valence-corrected chi connectivity index (χ4v) is 1.87. The largest absolute Gasteiger partial charge is 0.487 e. The lowest BCUT2D eigenvalue weighted by molar-refractivity contribution is -0.384. The number of nitro groups is 1. The topological polar surface area (TPSA) is 101 Å². The monoisotopic (exact) mass is 291 g/mol. The Balaban J connectivity index is 2.13. The molecule has 2 heterocycles. The molecule has 1 aromatic heterocycles. The zero-order valence-corrected chi connectivity index (χ0v) is 12.5. The molecule has 0 bridgehead atoms. The lowest BCUT2D eigenvalue weighted by Gasteiger charge is -2.32. The maximum atomic E-state index is 10.7. The molecule has 0 unspecified atom stereocenters. The minimum Gasteiger partial charge on any atom is -0.400 e. The zero-order chi connectivity index (χ0) is 15.8. The van der Waals surface area contributed by atoms with Crippen LogP contribution in [0.4, 0.5) is 11.4 Å². The van der Waals surface area contributed by atoms with Crippen molar-refractivity contribution in [3.63, 3.8) is 0 Å². The van der Waals surface area contributed by atoms with Crippen molar-refractivity contribution in [2.24, 2.45) is 0 Å². The Hall–Kier alpha value is -1.93. The second kappa shape index (κ2) is 5.12. The van der Waals surface area contributed by atoms with Crippen LogP contribution in [0.5, 0.6) is 0 Å². The minimum atomic E-state index is -0.565. The molecule has 2 rings (SSSR count). The fourth-order valence-electron chi connectivity index (χ4n) is 1.87. The zero-order valence-electron chi connectivity index (χ0n) is 12.5. The Morgan fingerprint density at radius 3 is 2.38 bits per heavy atom. The standard InChI is InChI=1S/C13H18BN3O4/c1-12(2)13(3,4)21-14(20-12)6-5-9-7-10(15)11(8-16-9)17(18)19/h5-8H,1-4H3,(H2,15,16)/b6-5+. The molecule has 0 amide bonds. The molecule has 0 atom stereocenters. The summed E-state index contributed by atoms with van der Waals surface area (Å²) in [6.07, 6.45) is 2.81. The van der Waals surface area contributed by atoms with Gasteiger partial charge < -0.3 is 15.0 Å². The van der Waals surface area contributed by atoms with Gasteiger partial charge in [0.2, 0.25) is 0 Å². The summed E-state index contributed by atoms with van der Waals surface area (Å²) in [4.78, 5) is 14.1. The van der Waals surface area contributed by atoms with Crippen LogP contribution in [0.25, 0.3) is 6.08 Å². The number of aromatic nitrogens is 1. The van der Waals surface area contributed by atoms with Crippen LogP contribution < -0.4 is 5.73 Å². The highest BCUT2D eigenvalue weighted by Crippen LogP contribution is 2.37. The van der Waals surface area contributed by atoms with E-state index in [1.165, 1.54) is 6.07 Å². The number of hydrogen-bond donors (Lipinski definition) is 1. The van der Waals surface area contributed by atoms with Gasteiger partial charge in [0.05, 0.1) is 21.8 Å². The fraction of sp³-hybridized carbons (Fsp3) is 0.462. The van der Waals surface area contributed by atoms with E-state index in [2.05, 4.69) is 4.98 Å². The van der Waals surface area contributed by atoms with E-state index >= 15 is 0 Å². The van der Waals surface area contributed by atoms with Crippen LogP contribution in [0.1, 0.15) is 33.4 Å². The van der Waals surface area contributed by atoms with Crippen molar-refractivity contribution in [1.29, 1.82) is 0 Å². The number of nitrogens with zero attached hydrogens (tertiary/aromatic N) is 2. The Bertz CT molecular complexity index is 585. The third-order valence-electron chi connectivity index (χ3n) is 3.83. The van der Waals surface area contributed by atoms with Gasteiger partial charge in [-0.15, -0.1) is 0 Å². The van der Waals surface area contributed by atoms with Gasteiger partial charge >= 0.3 is 12.8 Å². The molecular weight excluding hydrogens is 273 g/mol. The molecular formula is C13H18BN3O4. The van der Waals surface area contributed by atoms with E-state index in [1.807, 2.05) is 27.7 Å². The molecule has 1 saturated heterocycles. The van der Waals surface area contributed by atoms with Crippen molar-refractivity contribution in [2.75, 3.05) is 5.73 Å². The summed E-state index contributed by atoms with van der Waals surface area (Å²) >= 11 is 0. The summed E-state index contributed by atoms with van der Waals surface area (Å²) in [6.45, 7) is 7.85. The van der Waals surface area contributed by atoms with E-state index in [-0.39, 0.29) is 11.4 Å². The number of anilines is 1. The molecule has 1 aliphatic rings. The first-order chi connectivity index (χ1) is 9.62. The van der Waals surface area contributed by atoms with Crippen molar-refractivity contribution < 1.29 is 14.2 Å². The van der Waals surface area contributed by atoms with Gasteiger partial charge in [-0.25, -0.2) is 4.98 Å². The highest BCUT2D eigenvalue weighted by atomic mass is 16.7. The molecule has 7 nitrogen and oxygen atoms in total. The smallest absolute Gasteiger partial charge is 0.400 e. The van der Waals surface area contributed by atoms with Gasteiger partial charge in [0.25, 0.3) is 0 Å². The molecule has 0 radical (unpaired) electrons. The van der Waals surface area contributed by atoms with Gasteiger partial charge in [-0.2, -0.15) is 0 Å². The Kier molecular flexibility index (Phi) is 3.77. The lowest BCUT2D eigenvalue weighted by atomic mass is 9.89. The number of pyridine rings is 1. The quantitative estimate of drug-likeness (QED) is 0.520.